The number of benzene rings is 1. The molecule has 0 bridgehead atoms. The Balaban J connectivity index is 2.47. The number of allylic oxidation sites excluding steroid dienone is 1. The van der Waals surface area contributed by atoms with Gasteiger partial charge in [0.15, 0.2) is 12.5 Å². The number of aldehydes is 1. The maximum Gasteiger partial charge on any atom is 0.418 e. The first kappa shape index (κ1) is 14.4. The summed E-state index contributed by atoms with van der Waals surface area (Å²) in [6.45, 7) is 3.81. The van der Waals surface area contributed by atoms with Crippen LogP contribution in [-0.2, 0) is 11.0 Å². The molecule has 1 aliphatic rings. The predicted octanol–water partition coefficient (Wildman–Crippen LogP) is 3.14. The molecule has 1 atom stereocenters. The molecular weight excluding hydrogens is 269 g/mol. The van der Waals surface area contributed by atoms with Crippen LogP contribution in [0.5, 0.6) is 0 Å². The Kier molecular flexibility index (Phi) is 3.74. The number of rotatable bonds is 3. The van der Waals surface area contributed by atoms with Crippen molar-refractivity contribution in [3.05, 3.63) is 41.7 Å². The SMILES string of the molecule is CC(C)C1=CN(c2ccccc2C(F)(F)F)C(C=O)N1. The van der Waals surface area contributed by atoms with Crippen LogP contribution in [0.4, 0.5) is 18.9 Å². The van der Waals surface area contributed by atoms with E-state index in [1.54, 1.807) is 6.20 Å². The van der Waals surface area contributed by atoms with Crippen LogP contribution in [0, 0.1) is 5.92 Å². The number of para-hydroxylation sites is 1. The predicted molar refractivity (Wildman–Crippen MR) is 69.8 cm³/mol. The molecule has 1 aromatic carbocycles. The summed E-state index contributed by atoms with van der Waals surface area (Å²) >= 11 is 0. The quantitative estimate of drug-likeness (QED) is 0.865. The smallest absolute Gasteiger partial charge is 0.361 e. The Bertz CT molecular complexity index is 537. The normalized spacial score (nSPS) is 19.0. The van der Waals surface area contributed by atoms with Crippen molar-refractivity contribution in [1.82, 2.24) is 5.32 Å². The Morgan fingerprint density at radius 1 is 1.30 bits per heavy atom. The van der Waals surface area contributed by atoms with E-state index >= 15 is 0 Å². The molecule has 3 nitrogen and oxygen atoms in total. The molecule has 1 N–H and O–H groups in total. The van der Waals surface area contributed by atoms with Crippen molar-refractivity contribution >= 4 is 12.0 Å². The molecule has 20 heavy (non-hydrogen) atoms. The molecule has 0 aliphatic carbocycles. The monoisotopic (exact) mass is 284 g/mol. The molecule has 1 heterocycles. The maximum atomic E-state index is 13.0. The lowest BCUT2D eigenvalue weighted by atomic mass is 10.1. The van der Waals surface area contributed by atoms with Crippen LogP contribution in [0.2, 0.25) is 0 Å². The average molecular weight is 284 g/mol. The lowest BCUT2D eigenvalue weighted by molar-refractivity contribution is -0.137. The largest absolute Gasteiger partial charge is 0.418 e. The number of hydrogen-bond donors (Lipinski definition) is 1. The van der Waals surface area contributed by atoms with Crippen LogP contribution in [0.3, 0.4) is 0 Å². The lowest BCUT2D eigenvalue weighted by Gasteiger charge is -2.24. The van der Waals surface area contributed by atoms with E-state index in [0.717, 1.165) is 11.8 Å². The molecule has 1 aliphatic heterocycles. The highest BCUT2D eigenvalue weighted by Gasteiger charge is 2.37. The first-order valence-electron chi connectivity index (χ1n) is 6.22. The molecular formula is C14H15F3N2O. The zero-order chi connectivity index (χ0) is 14.9. The van der Waals surface area contributed by atoms with Gasteiger partial charge in [0.05, 0.1) is 11.3 Å². The fraction of sp³-hybridized carbons (Fsp3) is 0.357. The third kappa shape index (κ3) is 2.64. The number of halogens is 3. The fourth-order valence-corrected chi connectivity index (χ4v) is 2.08. The number of hydrogen-bond acceptors (Lipinski definition) is 3. The standard InChI is InChI=1S/C14H15F3N2O/c1-9(2)11-7-19(13(8-20)18-11)12-6-4-3-5-10(12)14(15,16)17/h3-9,13,18H,1-2H3. The van der Waals surface area contributed by atoms with Gasteiger partial charge in [-0.3, -0.25) is 4.79 Å². The first-order valence-corrected chi connectivity index (χ1v) is 6.22. The zero-order valence-electron chi connectivity index (χ0n) is 11.1. The molecule has 0 spiro atoms. The van der Waals surface area contributed by atoms with Crippen LogP contribution in [0.1, 0.15) is 19.4 Å². The molecule has 6 heteroatoms. The molecule has 0 amide bonds. The summed E-state index contributed by atoms with van der Waals surface area (Å²) in [5.74, 6) is 0.0977. The second kappa shape index (κ2) is 5.19. The van der Waals surface area contributed by atoms with E-state index in [1.807, 2.05) is 13.8 Å². The first-order chi connectivity index (χ1) is 9.34. The zero-order valence-corrected chi connectivity index (χ0v) is 11.1. The molecule has 2 rings (SSSR count). The van der Waals surface area contributed by atoms with Gasteiger partial charge in [-0.25, -0.2) is 0 Å². The lowest BCUT2D eigenvalue weighted by Crippen LogP contribution is -2.38. The van der Waals surface area contributed by atoms with E-state index < -0.39 is 17.9 Å². The number of anilines is 1. The fourth-order valence-electron chi connectivity index (χ4n) is 2.08. The van der Waals surface area contributed by atoms with Crippen molar-refractivity contribution in [1.29, 1.82) is 0 Å². The van der Waals surface area contributed by atoms with Crippen molar-refractivity contribution in [3.63, 3.8) is 0 Å². The minimum Gasteiger partial charge on any atom is -0.361 e. The summed E-state index contributed by atoms with van der Waals surface area (Å²) in [4.78, 5) is 12.4. The molecule has 0 saturated heterocycles. The summed E-state index contributed by atoms with van der Waals surface area (Å²) in [7, 11) is 0. The van der Waals surface area contributed by atoms with E-state index in [0.29, 0.717) is 6.29 Å². The Hall–Kier alpha value is -1.98. The van der Waals surface area contributed by atoms with E-state index in [4.69, 9.17) is 0 Å². The van der Waals surface area contributed by atoms with Gasteiger partial charge in [-0.1, -0.05) is 26.0 Å². The van der Waals surface area contributed by atoms with Crippen LogP contribution in [0.25, 0.3) is 0 Å². The van der Waals surface area contributed by atoms with E-state index in [2.05, 4.69) is 5.32 Å². The van der Waals surface area contributed by atoms with Gasteiger partial charge in [0, 0.05) is 11.9 Å². The molecule has 108 valence electrons. The van der Waals surface area contributed by atoms with E-state index in [-0.39, 0.29) is 11.6 Å². The van der Waals surface area contributed by atoms with Gasteiger partial charge in [0.25, 0.3) is 0 Å². The van der Waals surface area contributed by atoms with Crippen molar-refractivity contribution in [2.75, 3.05) is 4.90 Å². The van der Waals surface area contributed by atoms with Gasteiger partial charge in [-0.15, -0.1) is 0 Å². The van der Waals surface area contributed by atoms with Crippen molar-refractivity contribution < 1.29 is 18.0 Å². The second-order valence-electron chi connectivity index (χ2n) is 4.89. The topological polar surface area (TPSA) is 32.3 Å². The van der Waals surface area contributed by atoms with Gasteiger partial charge in [0.1, 0.15) is 0 Å². The third-order valence-corrected chi connectivity index (χ3v) is 3.13. The van der Waals surface area contributed by atoms with Crippen LogP contribution >= 0.6 is 0 Å². The van der Waals surface area contributed by atoms with E-state index in [1.165, 1.54) is 23.1 Å². The number of carbonyl (C=O) groups is 1. The Labute approximate surface area is 115 Å². The molecule has 0 fully saturated rings. The van der Waals surface area contributed by atoms with Gasteiger partial charge in [0.2, 0.25) is 0 Å². The molecule has 1 unspecified atom stereocenters. The van der Waals surface area contributed by atoms with Crippen LogP contribution < -0.4 is 10.2 Å². The summed E-state index contributed by atoms with van der Waals surface area (Å²) < 4.78 is 39.1. The third-order valence-electron chi connectivity index (χ3n) is 3.13. The minimum absolute atomic E-state index is 0.0275. The summed E-state index contributed by atoms with van der Waals surface area (Å²) in [6, 6.07) is 5.23. The van der Waals surface area contributed by atoms with Crippen LogP contribution in [0.15, 0.2) is 36.2 Å². The van der Waals surface area contributed by atoms with Crippen molar-refractivity contribution in [2.45, 2.75) is 26.2 Å². The summed E-state index contributed by atoms with van der Waals surface area (Å²) in [5.41, 5.74) is -0.0470. The van der Waals surface area contributed by atoms with Gasteiger partial charge < -0.3 is 10.2 Å². The number of nitrogens with zero attached hydrogens (tertiary/aromatic N) is 1. The summed E-state index contributed by atoms with van der Waals surface area (Å²) in [6.07, 6.45) is -3.11. The number of alkyl halides is 3. The Morgan fingerprint density at radius 2 is 1.95 bits per heavy atom. The number of carbonyl (C=O) groups excluding carboxylic acids is 1. The highest BCUT2D eigenvalue weighted by Crippen LogP contribution is 2.38. The molecule has 1 aromatic rings. The summed E-state index contributed by atoms with van der Waals surface area (Å²) in [5, 5.41) is 2.92. The van der Waals surface area contributed by atoms with Crippen LogP contribution in [-0.4, -0.2) is 12.5 Å². The second-order valence-corrected chi connectivity index (χ2v) is 4.89. The molecule has 0 aromatic heterocycles. The van der Waals surface area contributed by atoms with Gasteiger partial charge in [-0.05, 0) is 18.1 Å². The highest BCUT2D eigenvalue weighted by molar-refractivity contribution is 5.71. The van der Waals surface area contributed by atoms with Crippen molar-refractivity contribution in [2.24, 2.45) is 5.92 Å². The minimum atomic E-state index is -4.46. The Morgan fingerprint density at radius 3 is 2.50 bits per heavy atom. The molecule has 0 saturated carbocycles. The van der Waals surface area contributed by atoms with Gasteiger partial charge in [-0.2, -0.15) is 13.2 Å². The highest BCUT2D eigenvalue weighted by atomic mass is 19.4. The van der Waals surface area contributed by atoms with Crippen molar-refractivity contribution in [3.8, 4) is 0 Å². The molecule has 0 radical (unpaired) electrons. The number of nitrogens with one attached hydrogen (secondary N) is 1. The van der Waals surface area contributed by atoms with Gasteiger partial charge >= 0.3 is 6.18 Å². The maximum absolute atomic E-state index is 13.0. The average Bonchev–Trinajstić information content (AvgIpc) is 2.82. The van der Waals surface area contributed by atoms with E-state index in [9.17, 15) is 18.0 Å².